The van der Waals surface area contributed by atoms with Crippen molar-refractivity contribution in [3.05, 3.63) is 47.4 Å². The molecule has 0 aliphatic carbocycles. The van der Waals surface area contributed by atoms with E-state index in [4.69, 9.17) is 0 Å². The highest BCUT2D eigenvalue weighted by atomic mass is 19.4. The highest BCUT2D eigenvalue weighted by Gasteiger charge is 2.50. The standard InChI is InChI=1S/C31H39F4N7O2/c1-5-21-6-7-28(39-38-21)41-10-8-20(9-11-41)22-12-26(27(14-25(22)32)42-16-18(2)40(4)19(3)17-42)37-30(44)23-15-36-29(43)13-24(23)31(33,34)35/h6-8,12,14,18-19,23-24H,5,9-11,13,15-17H2,1-4H3,(H,36,43)(H,37,44)/t18-,19+,23?,24?. The first-order valence-electron chi connectivity index (χ1n) is 15.1. The van der Waals surface area contributed by atoms with E-state index < -0.39 is 48.6 Å². The molecule has 2 amide bonds. The van der Waals surface area contributed by atoms with Crippen LogP contribution in [0.1, 0.15) is 44.9 Å². The van der Waals surface area contributed by atoms with Crippen molar-refractivity contribution in [2.24, 2.45) is 11.8 Å². The van der Waals surface area contributed by atoms with E-state index in [1.54, 1.807) is 0 Å². The van der Waals surface area contributed by atoms with Crippen LogP contribution in [-0.2, 0) is 16.0 Å². The molecule has 0 spiro atoms. The molecule has 2 aromatic rings. The minimum atomic E-state index is -4.72. The van der Waals surface area contributed by atoms with Gasteiger partial charge in [0, 0.05) is 56.8 Å². The fraction of sp³-hybridized carbons (Fsp3) is 0.548. The van der Waals surface area contributed by atoms with Crippen LogP contribution in [0.3, 0.4) is 0 Å². The van der Waals surface area contributed by atoms with Gasteiger partial charge < -0.3 is 20.4 Å². The lowest BCUT2D eigenvalue weighted by atomic mass is 9.84. The number of piperidine rings is 1. The van der Waals surface area contributed by atoms with Crippen LogP contribution in [0.25, 0.3) is 5.57 Å². The van der Waals surface area contributed by atoms with Gasteiger partial charge in [0.05, 0.1) is 28.9 Å². The number of likely N-dealkylation sites (N-methyl/N-ethyl adjacent to an activating group) is 1. The number of aryl methyl sites for hydroxylation is 1. The first-order valence-corrected chi connectivity index (χ1v) is 15.1. The largest absolute Gasteiger partial charge is 0.393 e. The molecule has 1 aromatic carbocycles. The zero-order valence-corrected chi connectivity index (χ0v) is 25.4. The molecule has 0 radical (unpaired) electrons. The highest BCUT2D eigenvalue weighted by molar-refractivity contribution is 5.98. The Labute approximate surface area is 254 Å². The number of nitrogens with zero attached hydrogens (tertiary/aromatic N) is 5. The summed E-state index contributed by atoms with van der Waals surface area (Å²) in [5.74, 6) is -4.97. The molecule has 2 saturated heterocycles. The van der Waals surface area contributed by atoms with Gasteiger partial charge in [-0.2, -0.15) is 18.3 Å². The van der Waals surface area contributed by atoms with Crippen LogP contribution in [0, 0.1) is 17.7 Å². The predicted octanol–water partition coefficient (Wildman–Crippen LogP) is 4.25. The molecule has 2 N–H and O–H groups in total. The van der Waals surface area contributed by atoms with Crippen molar-refractivity contribution in [2.75, 3.05) is 54.9 Å². The number of hydrogen-bond donors (Lipinski definition) is 2. The molecule has 13 heteroatoms. The summed E-state index contributed by atoms with van der Waals surface area (Å²) in [6.07, 6.45) is -2.36. The Morgan fingerprint density at radius 2 is 1.84 bits per heavy atom. The smallest absolute Gasteiger partial charge is 0.367 e. The van der Waals surface area contributed by atoms with Crippen molar-refractivity contribution in [2.45, 2.75) is 58.3 Å². The third-order valence-corrected chi connectivity index (χ3v) is 9.16. The van der Waals surface area contributed by atoms with Crippen molar-refractivity contribution in [1.82, 2.24) is 20.4 Å². The summed E-state index contributed by atoms with van der Waals surface area (Å²) in [7, 11) is 2.01. The van der Waals surface area contributed by atoms with Gasteiger partial charge in [0.2, 0.25) is 11.8 Å². The quantitative estimate of drug-likeness (QED) is 0.469. The van der Waals surface area contributed by atoms with E-state index in [1.807, 2.05) is 55.8 Å². The van der Waals surface area contributed by atoms with Crippen LogP contribution in [0.5, 0.6) is 0 Å². The molecule has 44 heavy (non-hydrogen) atoms. The number of rotatable bonds is 6. The summed E-state index contributed by atoms with van der Waals surface area (Å²) in [6, 6.07) is 6.99. The first-order chi connectivity index (χ1) is 20.8. The summed E-state index contributed by atoms with van der Waals surface area (Å²) >= 11 is 0. The van der Waals surface area contributed by atoms with E-state index in [2.05, 4.69) is 25.7 Å². The number of aromatic nitrogens is 2. The van der Waals surface area contributed by atoms with Crippen molar-refractivity contribution in [1.29, 1.82) is 0 Å². The van der Waals surface area contributed by atoms with Gasteiger partial charge in [-0.15, -0.1) is 5.10 Å². The molecular formula is C31H39F4N7O2. The second kappa shape index (κ2) is 12.7. The summed E-state index contributed by atoms with van der Waals surface area (Å²) in [5, 5.41) is 13.6. The molecule has 0 bridgehead atoms. The number of piperazine rings is 1. The van der Waals surface area contributed by atoms with Gasteiger partial charge in [0.25, 0.3) is 0 Å². The van der Waals surface area contributed by atoms with Crippen molar-refractivity contribution in [3.63, 3.8) is 0 Å². The van der Waals surface area contributed by atoms with E-state index in [9.17, 15) is 22.8 Å². The fourth-order valence-electron chi connectivity index (χ4n) is 6.23. The third kappa shape index (κ3) is 6.67. The van der Waals surface area contributed by atoms with Crippen molar-refractivity contribution in [3.8, 4) is 0 Å². The second-order valence-electron chi connectivity index (χ2n) is 12.0. The predicted molar refractivity (Wildman–Crippen MR) is 161 cm³/mol. The number of amides is 2. The van der Waals surface area contributed by atoms with E-state index in [1.165, 1.54) is 12.1 Å². The normalized spacial score (nSPS) is 25.0. The lowest BCUT2D eigenvalue weighted by Gasteiger charge is -2.44. The van der Waals surface area contributed by atoms with Crippen LogP contribution >= 0.6 is 0 Å². The van der Waals surface area contributed by atoms with Gasteiger partial charge in [-0.25, -0.2) is 4.39 Å². The van der Waals surface area contributed by atoms with Crippen molar-refractivity contribution < 1.29 is 27.2 Å². The van der Waals surface area contributed by atoms with Gasteiger partial charge >= 0.3 is 6.18 Å². The lowest BCUT2D eigenvalue weighted by molar-refractivity contribution is -0.197. The van der Waals surface area contributed by atoms with Gasteiger partial charge in [0.15, 0.2) is 5.82 Å². The molecule has 9 nitrogen and oxygen atoms in total. The number of carbonyl (C=O) groups excluding carboxylic acids is 2. The molecule has 238 valence electrons. The molecule has 3 aliphatic rings. The van der Waals surface area contributed by atoms with E-state index in [0.29, 0.717) is 38.3 Å². The summed E-state index contributed by atoms with van der Waals surface area (Å²) in [5.41, 5.74) is 2.57. The molecule has 4 atom stereocenters. The van der Waals surface area contributed by atoms with Gasteiger partial charge in [0.1, 0.15) is 5.82 Å². The third-order valence-electron chi connectivity index (χ3n) is 9.16. The Kier molecular flexibility index (Phi) is 9.15. The molecule has 3 aliphatic heterocycles. The molecular weight excluding hydrogens is 578 g/mol. The second-order valence-corrected chi connectivity index (χ2v) is 12.0. The van der Waals surface area contributed by atoms with Crippen LogP contribution in [0.15, 0.2) is 30.3 Å². The van der Waals surface area contributed by atoms with Gasteiger partial charge in [-0.3, -0.25) is 14.5 Å². The van der Waals surface area contributed by atoms with Crippen LogP contribution < -0.4 is 20.4 Å². The lowest BCUT2D eigenvalue weighted by Crippen LogP contribution is -2.55. The summed E-state index contributed by atoms with van der Waals surface area (Å²) < 4.78 is 57.5. The summed E-state index contributed by atoms with van der Waals surface area (Å²) in [4.78, 5) is 31.4. The zero-order chi connectivity index (χ0) is 31.8. The van der Waals surface area contributed by atoms with E-state index in [-0.39, 0.29) is 23.3 Å². The summed E-state index contributed by atoms with van der Waals surface area (Å²) in [6.45, 7) is 7.79. The van der Waals surface area contributed by atoms with E-state index >= 15 is 4.39 Å². The Balaban J connectivity index is 1.46. The maximum absolute atomic E-state index is 15.9. The molecule has 2 unspecified atom stereocenters. The molecule has 5 rings (SSSR count). The Morgan fingerprint density at radius 3 is 2.43 bits per heavy atom. The number of alkyl halides is 3. The first kappa shape index (κ1) is 31.7. The number of nitrogens with one attached hydrogen (secondary N) is 2. The zero-order valence-electron chi connectivity index (χ0n) is 25.4. The Bertz CT molecular complexity index is 1400. The average molecular weight is 618 g/mol. The topological polar surface area (TPSA) is 93.7 Å². The minimum absolute atomic E-state index is 0.120. The number of halogens is 4. The minimum Gasteiger partial charge on any atom is -0.367 e. The average Bonchev–Trinajstić information content (AvgIpc) is 3.00. The molecule has 4 heterocycles. The van der Waals surface area contributed by atoms with Gasteiger partial charge in [-0.05, 0) is 63.6 Å². The Morgan fingerprint density at radius 1 is 1.11 bits per heavy atom. The van der Waals surface area contributed by atoms with Crippen LogP contribution in [0.4, 0.5) is 34.8 Å². The maximum atomic E-state index is 15.9. The maximum Gasteiger partial charge on any atom is 0.393 e. The number of anilines is 3. The van der Waals surface area contributed by atoms with Crippen LogP contribution in [0.2, 0.25) is 0 Å². The number of carbonyl (C=O) groups is 2. The van der Waals surface area contributed by atoms with E-state index in [0.717, 1.165) is 23.5 Å². The fourth-order valence-corrected chi connectivity index (χ4v) is 6.23. The SMILES string of the molecule is CCc1ccc(N2CC=C(c3cc(NC(=O)C4CNC(=O)CC4C(F)(F)F)c(N4C[C@@H](C)N(C)[C@@H](C)C4)cc3F)CC2)nn1. The monoisotopic (exact) mass is 617 g/mol. The Hall–Kier alpha value is -3.74. The number of hydrogen-bond acceptors (Lipinski definition) is 7. The number of benzene rings is 1. The molecule has 2 fully saturated rings. The van der Waals surface area contributed by atoms with Gasteiger partial charge in [-0.1, -0.05) is 13.0 Å². The highest BCUT2D eigenvalue weighted by Crippen LogP contribution is 2.39. The van der Waals surface area contributed by atoms with Crippen molar-refractivity contribution >= 4 is 34.6 Å². The van der Waals surface area contributed by atoms with Crippen LogP contribution in [-0.4, -0.2) is 84.9 Å². The molecule has 1 aromatic heterocycles. The molecule has 0 saturated carbocycles.